The number of rotatable bonds is 3. The van der Waals surface area contributed by atoms with Crippen molar-refractivity contribution in [2.45, 2.75) is 0 Å². The molecular weight excluding hydrogens is 306 g/mol. The second kappa shape index (κ2) is 4.61. The lowest BCUT2D eigenvalue weighted by molar-refractivity contribution is -0.384. The van der Waals surface area contributed by atoms with Gasteiger partial charge in [0.1, 0.15) is 11.3 Å². The van der Waals surface area contributed by atoms with E-state index in [1.165, 1.54) is 30.5 Å². The Bertz CT molecular complexity index is 585. The number of aromatic carboxylic acids is 1. The van der Waals surface area contributed by atoms with Gasteiger partial charge in [-0.2, -0.15) is 0 Å². The molecule has 0 saturated carbocycles. The van der Waals surface area contributed by atoms with Gasteiger partial charge < -0.3 is 9.52 Å². The van der Waals surface area contributed by atoms with E-state index in [9.17, 15) is 14.9 Å². The van der Waals surface area contributed by atoms with Gasteiger partial charge in [-0.3, -0.25) is 10.1 Å². The molecule has 0 aliphatic carbocycles. The molecule has 1 aromatic carbocycles. The number of nitro groups is 1. The number of benzene rings is 1. The van der Waals surface area contributed by atoms with Crippen LogP contribution in [0.25, 0.3) is 11.3 Å². The van der Waals surface area contributed by atoms with E-state index in [1.807, 2.05) is 0 Å². The number of nitrogens with zero attached hydrogens (tertiary/aromatic N) is 1. The molecule has 0 atom stereocenters. The predicted molar refractivity (Wildman–Crippen MR) is 65.5 cm³/mol. The topological polar surface area (TPSA) is 93.6 Å². The summed E-state index contributed by atoms with van der Waals surface area (Å²) in [5, 5.41) is 20.1. The van der Waals surface area contributed by atoms with Gasteiger partial charge in [0.25, 0.3) is 5.69 Å². The minimum absolute atomic E-state index is 0.0410. The van der Waals surface area contributed by atoms with Crippen LogP contribution in [0.3, 0.4) is 0 Å². The van der Waals surface area contributed by atoms with Gasteiger partial charge in [0, 0.05) is 10.5 Å². The monoisotopic (exact) mass is 311 g/mol. The van der Waals surface area contributed by atoms with Crippen LogP contribution in [0.4, 0.5) is 5.69 Å². The van der Waals surface area contributed by atoms with Crippen LogP contribution in [0.2, 0.25) is 0 Å². The van der Waals surface area contributed by atoms with Gasteiger partial charge in [-0.1, -0.05) is 15.9 Å². The molecule has 1 heterocycles. The second-order valence-electron chi connectivity index (χ2n) is 3.39. The molecule has 0 amide bonds. The van der Waals surface area contributed by atoms with Crippen molar-refractivity contribution in [1.82, 2.24) is 0 Å². The van der Waals surface area contributed by atoms with E-state index in [1.54, 1.807) is 0 Å². The molecule has 0 radical (unpaired) electrons. The Hall–Kier alpha value is -2.15. The van der Waals surface area contributed by atoms with Crippen molar-refractivity contribution in [2.24, 2.45) is 0 Å². The van der Waals surface area contributed by atoms with E-state index in [0.717, 1.165) is 0 Å². The quantitative estimate of drug-likeness (QED) is 0.693. The average molecular weight is 312 g/mol. The van der Waals surface area contributed by atoms with Crippen molar-refractivity contribution >= 4 is 27.6 Å². The summed E-state index contributed by atoms with van der Waals surface area (Å²) < 4.78 is 5.38. The molecule has 7 heteroatoms. The lowest BCUT2D eigenvalue weighted by atomic mass is 10.0. The number of carbonyl (C=O) groups is 1. The number of carboxylic acid groups (broad SMARTS) is 1. The van der Waals surface area contributed by atoms with Crippen LogP contribution in [0, 0.1) is 10.1 Å². The molecule has 2 rings (SSSR count). The first kappa shape index (κ1) is 12.3. The summed E-state index contributed by atoms with van der Waals surface area (Å²) in [6, 6.07) is 5.55. The molecule has 1 N–H and O–H groups in total. The Labute approximate surface area is 109 Å². The number of halogens is 1. The number of nitro benzene ring substituents is 1. The largest absolute Gasteiger partial charge is 0.478 e. The standard InChI is InChI=1S/C11H6BrNO5/c12-6-4-7(11(14)15)10(8(5-6)13(16)17)9-2-1-3-18-9/h1-5H,(H,14,15). The predicted octanol–water partition coefficient (Wildman–Crippen LogP) is 3.32. The Morgan fingerprint density at radius 2 is 2.17 bits per heavy atom. The van der Waals surface area contributed by atoms with E-state index in [2.05, 4.69) is 15.9 Å². The summed E-state index contributed by atoms with van der Waals surface area (Å²) in [4.78, 5) is 21.5. The minimum Gasteiger partial charge on any atom is -0.478 e. The summed E-state index contributed by atoms with van der Waals surface area (Å²) in [5.41, 5.74) is -0.552. The van der Waals surface area contributed by atoms with Gasteiger partial charge in [-0.15, -0.1) is 0 Å². The highest BCUT2D eigenvalue weighted by molar-refractivity contribution is 9.10. The van der Waals surface area contributed by atoms with Gasteiger partial charge >= 0.3 is 5.97 Å². The van der Waals surface area contributed by atoms with Gasteiger partial charge in [-0.05, 0) is 18.2 Å². The number of hydrogen-bond donors (Lipinski definition) is 1. The molecule has 0 bridgehead atoms. The van der Waals surface area contributed by atoms with Gasteiger partial charge in [-0.25, -0.2) is 4.79 Å². The van der Waals surface area contributed by atoms with Crippen molar-refractivity contribution < 1.29 is 19.2 Å². The SMILES string of the molecule is O=C(O)c1cc(Br)cc([N+](=O)[O-])c1-c1ccco1. The molecular formula is C11H6BrNO5. The fourth-order valence-corrected chi connectivity index (χ4v) is 2.03. The lowest BCUT2D eigenvalue weighted by Crippen LogP contribution is -2.03. The lowest BCUT2D eigenvalue weighted by Gasteiger charge is -2.05. The van der Waals surface area contributed by atoms with Crippen molar-refractivity contribution in [1.29, 1.82) is 0 Å². The summed E-state index contributed by atoms with van der Waals surface area (Å²) in [5.74, 6) is -1.11. The van der Waals surface area contributed by atoms with Crippen LogP contribution < -0.4 is 0 Å². The third kappa shape index (κ3) is 2.12. The van der Waals surface area contributed by atoms with Crippen LogP contribution in [0.15, 0.2) is 39.4 Å². The molecule has 0 fully saturated rings. The molecule has 1 aromatic heterocycles. The maximum absolute atomic E-state index is 11.2. The highest BCUT2D eigenvalue weighted by Crippen LogP contribution is 2.36. The molecule has 92 valence electrons. The number of hydrogen-bond acceptors (Lipinski definition) is 4. The smallest absolute Gasteiger partial charge is 0.336 e. The summed E-state index contributed by atoms with van der Waals surface area (Å²) >= 11 is 3.05. The van der Waals surface area contributed by atoms with E-state index in [0.29, 0.717) is 4.47 Å². The maximum Gasteiger partial charge on any atom is 0.336 e. The molecule has 0 aliphatic heterocycles. The van der Waals surface area contributed by atoms with Crippen molar-refractivity contribution in [2.75, 3.05) is 0 Å². The number of furan rings is 1. The van der Waals surface area contributed by atoms with Crippen molar-refractivity contribution in [3.8, 4) is 11.3 Å². The fourth-order valence-electron chi connectivity index (χ4n) is 1.58. The molecule has 18 heavy (non-hydrogen) atoms. The average Bonchev–Trinajstić information content (AvgIpc) is 2.80. The first-order valence-corrected chi connectivity index (χ1v) is 5.55. The van der Waals surface area contributed by atoms with Crippen LogP contribution in [0.1, 0.15) is 10.4 Å². The summed E-state index contributed by atoms with van der Waals surface area (Å²) in [7, 11) is 0. The Kier molecular flexibility index (Phi) is 3.15. The molecule has 6 nitrogen and oxygen atoms in total. The van der Waals surface area contributed by atoms with Gasteiger partial charge in [0.2, 0.25) is 0 Å². The van der Waals surface area contributed by atoms with Gasteiger partial charge in [0.15, 0.2) is 0 Å². The van der Waals surface area contributed by atoms with Crippen LogP contribution >= 0.6 is 15.9 Å². The van der Waals surface area contributed by atoms with E-state index >= 15 is 0 Å². The third-order valence-corrected chi connectivity index (χ3v) is 2.73. The molecule has 0 saturated heterocycles. The zero-order valence-corrected chi connectivity index (χ0v) is 10.4. The highest BCUT2D eigenvalue weighted by Gasteiger charge is 2.25. The fraction of sp³-hybridized carbons (Fsp3) is 0. The zero-order valence-electron chi connectivity index (χ0n) is 8.79. The van der Waals surface area contributed by atoms with Crippen LogP contribution in [-0.4, -0.2) is 16.0 Å². The van der Waals surface area contributed by atoms with E-state index in [-0.39, 0.29) is 22.6 Å². The minimum atomic E-state index is -1.26. The van der Waals surface area contributed by atoms with Crippen molar-refractivity contribution in [3.05, 3.63) is 50.7 Å². The summed E-state index contributed by atoms with van der Waals surface area (Å²) in [6.07, 6.45) is 1.33. The Balaban J connectivity index is 2.82. The van der Waals surface area contributed by atoms with E-state index < -0.39 is 10.9 Å². The number of carboxylic acids is 1. The Morgan fingerprint density at radius 3 is 2.67 bits per heavy atom. The summed E-state index contributed by atoms with van der Waals surface area (Å²) in [6.45, 7) is 0. The molecule has 0 unspecified atom stereocenters. The normalized spacial score (nSPS) is 10.3. The second-order valence-corrected chi connectivity index (χ2v) is 4.30. The van der Waals surface area contributed by atoms with Gasteiger partial charge in [0.05, 0.1) is 16.7 Å². The Morgan fingerprint density at radius 1 is 1.44 bits per heavy atom. The highest BCUT2D eigenvalue weighted by atomic mass is 79.9. The zero-order chi connectivity index (χ0) is 13.3. The maximum atomic E-state index is 11.2. The first-order valence-electron chi connectivity index (χ1n) is 4.76. The molecule has 2 aromatic rings. The van der Waals surface area contributed by atoms with Crippen LogP contribution in [-0.2, 0) is 0 Å². The van der Waals surface area contributed by atoms with Crippen LogP contribution in [0.5, 0.6) is 0 Å². The van der Waals surface area contributed by atoms with E-state index in [4.69, 9.17) is 9.52 Å². The molecule has 0 aliphatic rings. The molecule has 0 spiro atoms. The van der Waals surface area contributed by atoms with Crippen molar-refractivity contribution in [3.63, 3.8) is 0 Å². The first-order chi connectivity index (χ1) is 8.50. The third-order valence-electron chi connectivity index (χ3n) is 2.28.